The maximum absolute atomic E-state index is 13.0. The van der Waals surface area contributed by atoms with Gasteiger partial charge in [0.25, 0.3) is 0 Å². The van der Waals surface area contributed by atoms with E-state index >= 15 is 0 Å². The first-order chi connectivity index (χ1) is 32.7. The Bertz CT molecular complexity index is 1150. The molecular weight excluding hydrogens is 829 g/mol. The van der Waals surface area contributed by atoms with E-state index in [0.29, 0.717) is 19.4 Å². The fourth-order valence-electron chi connectivity index (χ4n) is 9.10. The SMILES string of the molecule is CCC#C/C=C(/C)N(C)CCN(CCCCCCCC(=O)OC(CCCCCCCC)CCCCCCCC)CC(O)CCCCCC(=O)OC(CCCCCCCC)CCCCCCCC. The predicted octanol–water partition coefficient (Wildman–Crippen LogP) is 17.0. The summed E-state index contributed by atoms with van der Waals surface area (Å²) >= 11 is 0. The fraction of sp³-hybridized carbons (Fsp3) is 0.900. The maximum Gasteiger partial charge on any atom is 0.306 e. The number of aliphatic hydroxyl groups excluding tert-OH is 1. The predicted molar refractivity (Wildman–Crippen MR) is 289 cm³/mol. The van der Waals surface area contributed by atoms with Crippen molar-refractivity contribution in [3.8, 4) is 11.8 Å². The molecule has 1 atom stereocenters. The topological polar surface area (TPSA) is 79.3 Å². The Balaban J connectivity index is 4.91. The molecule has 0 radical (unpaired) electrons. The zero-order valence-corrected chi connectivity index (χ0v) is 45.9. The number of likely N-dealkylation sites (N-methyl/N-ethyl adjacent to an activating group) is 1. The molecule has 1 unspecified atom stereocenters. The van der Waals surface area contributed by atoms with Gasteiger partial charge in [0.1, 0.15) is 12.2 Å². The molecule has 0 fully saturated rings. The van der Waals surface area contributed by atoms with Crippen molar-refractivity contribution in [2.45, 2.75) is 317 Å². The van der Waals surface area contributed by atoms with Gasteiger partial charge < -0.3 is 19.5 Å². The highest BCUT2D eigenvalue weighted by molar-refractivity contribution is 5.69. The van der Waals surface area contributed by atoms with Crippen LogP contribution in [0, 0.1) is 11.8 Å². The van der Waals surface area contributed by atoms with Crippen molar-refractivity contribution in [2.24, 2.45) is 0 Å². The lowest BCUT2D eigenvalue weighted by Crippen LogP contribution is -2.38. The Labute approximate surface area is 417 Å². The van der Waals surface area contributed by atoms with Crippen LogP contribution in [0.4, 0.5) is 0 Å². The Kier molecular flexibility index (Phi) is 48.8. The molecule has 1 N–H and O–H groups in total. The number of nitrogens with zero attached hydrogens (tertiary/aromatic N) is 2. The monoisotopic (exact) mass is 943 g/mol. The summed E-state index contributed by atoms with van der Waals surface area (Å²) in [5.41, 5.74) is 1.16. The number of unbranched alkanes of at least 4 members (excludes halogenated alkanes) is 26. The lowest BCUT2D eigenvalue weighted by Gasteiger charge is -2.28. The number of ether oxygens (including phenoxy) is 2. The number of hydrogen-bond donors (Lipinski definition) is 1. The van der Waals surface area contributed by atoms with E-state index in [-0.39, 0.29) is 30.3 Å². The fourth-order valence-corrected chi connectivity index (χ4v) is 9.10. The number of hydrogen-bond acceptors (Lipinski definition) is 7. The minimum Gasteiger partial charge on any atom is -0.462 e. The number of allylic oxidation sites excluding steroid dienone is 2. The van der Waals surface area contributed by atoms with Gasteiger partial charge in [0.2, 0.25) is 0 Å². The van der Waals surface area contributed by atoms with Gasteiger partial charge in [-0.25, -0.2) is 0 Å². The first-order valence-corrected chi connectivity index (χ1v) is 29.4. The molecule has 0 amide bonds. The Morgan fingerprint density at radius 2 is 0.836 bits per heavy atom. The summed E-state index contributed by atoms with van der Waals surface area (Å²) < 4.78 is 12.2. The summed E-state index contributed by atoms with van der Waals surface area (Å²) in [6.45, 7) is 16.6. The van der Waals surface area contributed by atoms with Crippen LogP contribution in [0.1, 0.15) is 298 Å². The van der Waals surface area contributed by atoms with E-state index in [0.717, 1.165) is 128 Å². The third kappa shape index (κ3) is 44.9. The van der Waals surface area contributed by atoms with Crippen LogP contribution in [0.25, 0.3) is 0 Å². The van der Waals surface area contributed by atoms with Gasteiger partial charge in [0.15, 0.2) is 0 Å². The van der Waals surface area contributed by atoms with Gasteiger partial charge >= 0.3 is 11.9 Å². The molecular formula is C60H114N2O5. The van der Waals surface area contributed by atoms with E-state index in [9.17, 15) is 14.7 Å². The van der Waals surface area contributed by atoms with Crippen molar-refractivity contribution in [2.75, 3.05) is 33.2 Å². The molecule has 0 spiro atoms. The molecule has 0 bridgehead atoms. The molecule has 0 aromatic carbocycles. The largest absolute Gasteiger partial charge is 0.462 e. The normalized spacial score (nSPS) is 12.3. The van der Waals surface area contributed by atoms with Gasteiger partial charge in [-0.1, -0.05) is 207 Å². The van der Waals surface area contributed by atoms with Crippen LogP contribution < -0.4 is 0 Å². The summed E-state index contributed by atoms with van der Waals surface area (Å²) in [5, 5.41) is 11.2. The number of carbonyl (C=O) groups is 2. The summed E-state index contributed by atoms with van der Waals surface area (Å²) in [7, 11) is 2.13. The molecule has 0 aliphatic carbocycles. The Morgan fingerprint density at radius 3 is 1.25 bits per heavy atom. The molecule has 0 saturated heterocycles. The zero-order chi connectivity index (χ0) is 49.3. The van der Waals surface area contributed by atoms with Crippen LogP contribution in [0.5, 0.6) is 0 Å². The van der Waals surface area contributed by atoms with Crippen molar-refractivity contribution in [3.05, 3.63) is 11.8 Å². The lowest BCUT2D eigenvalue weighted by molar-refractivity contribution is -0.151. The van der Waals surface area contributed by atoms with Crippen molar-refractivity contribution in [1.82, 2.24) is 9.80 Å². The van der Waals surface area contributed by atoms with Crippen LogP contribution in [0.15, 0.2) is 11.8 Å². The average molecular weight is 944 g/mol. The zero-order valence-electron chi connectivity index (χ0n) is 45.9. The standard InChI is InChI=1S/C60H114N2O5/c1-8-13-18-22-27-36-45-57(46-37-28-23-19-14-9-2)66-59(64)49-40-31-26-32-42-51-62(53-52-61(7)55(6)43-34-17-12-5)54-56(63)44-35-33-41-50-60(65)67-58(47-38-29-24-20-15-10-3)48-39-30-25-21-16-11-4/h43,56-58,63H,8-16,18-33,35-42,44-54H2,1-7H3/b55-43-. The van der Waals surface area contributed by atoms with E-state index in [2.05, 4.69) is 70.2 Å². The molecule has 0 aliphatic rings. The number of esters is 2. The number of carbonyl (C=O) groups excluding carboxylic acids is 2. The second-order valence-electron chi connectivity index (χ2n) is 20.4. The third-order valence-corrected chi connectivity index (χ3v) is 13.8. The van der Waals surface area contributed by atoms with E-state index in [4.69, 9.17) is 9.47 Å². The molecule has 67 heavy (non-hydrogen) atoms. The van der Waals surface area contributed by atoms with E-state index < -0.39 is 0 Å². The van der Waals surface area contributed by atoms with E-state index in [1.807, 2.05) is 6.08 Å². The van der Waals surface area contributed by atoms with Crippen molar-refractivity contribution in [3.63, 3.8) is 0 Å². The van der Waals surface area contributed by atoms with Gasteiger partial charge in [-0.2, -0.15) is 0 Å². The second-order valence-corrected chi connectivity index (χ2v) is 20.4. The van der Waals surface area contributed by atoms with Gasteiger partial charge in [-0.15, -0.1) is 0 Å². The maximum atomic E-state index is 13.0. The second kappa shape index (κ2) is 50.4. The smallest absolute Gasteiger partial charge is 0.306 e. The minimum absolute atomic E-state index is 0.00226. The van der Waals surface area contributed by atoms with Crippen LogP contribution >= 0.6 is 0 Å². The van der Waals surface area contributed by atoms with Crippen LogP contribution in [0.3, 0.4) is 0 Å². The molecule has 7 heteroatoms. The highest BCUT2D eigenvalue weighted by Crippen LogP contribution is 2.21. The van der Waals surface area contributed by atoms with Gasteiger partial charge in [-0.05, 0) is 90.5 Å². The summed E-state index contributed by atoms with van der Waals surface area (Å²) in [4.78, 5) is 30.6. The first-order valence-electron chi connectivity index (χ1n) is 29.4. The van der Waals surface area contributed by atoms with Gasteiger partial charge in [0.05, 0.1) is 6.10 Å². The lowest BCUT2D eigenvalue weighted by atomic mass is 10.0. The van der Waals surface area contributed by atoms with E-state index in [1.165, 1.54) is 141 Å². The van der Waals surface area contributed by atoms with Crippen LogP contribution in [0.2, 0.25) is 0 Å². The number of rotatable bonds is 50. The van der Waals surface area contributed by atoms with Crippen molar-refractivity contribution < 1.29 is 24.2 Å². The molecule has 7 nitrogen and oxygen atoms in total. The van der Waals surface area contributed by atoms with Gasteiger partial charge in [-0.3, -0.25) is 14.5 Å². The Hall–Kier alpha value is -2.04. The quantitative estimate of drug-likeness (QED) is 0.0370. The molecule has 0 heterocycles. The average Bonchev–Trinajstić information content (AvgIpc) is 3.31. The minimum atomic E-state index is -0.389. The molecule has 0 saturated carbocycles. The summed E-state index contributed by atoms with van der Waals surface area (Å²) in [6, 6.07) is 0. The van der Waals surface area contributed by atoms with Crippen LogP contribution in [-0.2, 0) is 19.1 Å². The summed E-state index contributed by atoms with van der Waals surface area (Å²) in [6.07, 6.45) is 46.8. The third-order valence-electron chi connectivity index (χ3n) is 13.8. The molecule has 0 aromatic rings. The van der Waals surface area contributed by atoms with Crippen molar-refractivity contribution >= 4 is 11.9 Å². The molecule has 0 rings (SSSR count). The van der Waals surface area contributed by atoms with E-state index in [1.54, 1.807) is 0 Å². The summed E-state index contributed by atoms with van der Waals surface area (Å²) in [5.74, 6) is 6.27. The first kappa shape index (κ1) is 65.0. The molecule has 0 aromatic heterocycles. The van der Waals surface area contributed by atoms with Crippen LogP contribution in [-0.4, -0.2) is 78.4 Å². The molecule has 394 valence electrons. The number of aliphatic hydroxyl groups is 1. The van der Waals surface area contributed by atoms with Crippen molar-refractivity contribution in [1.29, 1.82) is 0 Å². The molecule has 0 aliphatic heterocycles. The highest BCUT2D eigenvalue weighted by atomic mass is 16.5. The Morgan fingerprint density at radius 1 is 0.478 bits per heavy atom. The highest BCUT2D eigenvalue weighted by Gasteiger charge is 2.17. The van der Waals surface area contributed by atoms with Gasteiger partial charge in [0, 0.05) is 57.7 Å².